The molecule has 0 unspecified atom stereocenters. The van der Waals surface area contributed by atoms with Crippen LogP contribution in [0.15, 0.2) is 103 Å². The number of hydrogen-bond acceptors (Lipinski definition) is 1. The fourth-order valence-electron chi connectivity index (χ4n) is 5.32. The Morgan fingerprint density at radius 1 is 0.656 bits per heavy atom. The molecule has 0 aliphatic heterocycles. The average Bonchev–Trinajstić information content (AvgIpc) is 3.38. The molecule has 0 radical (unpaired) electrons. The maximum Gasteiger partial charge on any atom is 0.137 e. The fourth-order valence-corrected chi connectivity index (χ4v) is 5.32. The van der Waals surface area contributed by atoms with Gasteiger partial charge in [0.2, 0.25) is 0 Å². The first kappa shape index (κ1) is 17.6. The van der Waals surface area contributed by atoms with Gasteiger partial charge in [0.25, 0.3) is 0 Å². The van der Waals surface area contributed by atoms with E-state index in [4.69, 9.17) is 4.98 Å². The lowest BCUT2D eigenvalue weighted by molar-refractivity contribution is 0.979. The van der Waals surface area contributed by atoms with Gasteiger partial charge in [0.05, 0.1) is 22.1 Å². The second-order valence-electron chi connectivity index (χ2n) is 8.37. The van der Waals surface area contributed by atoms with Crippen LogP contribution in [0.5, 0.6) is 0 Å². The van der Waals surface area contributed by atoms with Crippen LogP contribution >= 0.6 is 0 Å². The summed E-state index contributed by atoms with van der Waals surface area (Å²) in [6.07, 6.45) is 10.7. The van der Waals surface area contributed by atoms with Crippen LogP contribution in [0.4, 0.5) is 0 Å². The largest absolute Gasteiger partial charge is 0.313 e. The van der Waals surface area contributed by atoms with Crippen molar-refractivity contribution in [3.8, 4) is 5.82 Å². The van der Waals surface area contributed by atoms with Crippen molar-refractivity contribution in [3.63, 3.8) is 0 Å². The van der Waals surface area contributed by atoms with E-state index < -0.39 is 0 Å². The second-order valence-corrected chi connectivity index (χ2v) is 8.37. The normalized spacial score (nSPS) is 14.1. The van der Waals surface area contributed by atoms with Crippen molar-refractivity contribution in [1.29, 1.82) is 0 Å². The van der Waals surface area contributed by atoms with E-state index in [0.717, 1.165) is 18.7 Å². The predicted octanol–water partition coefficient (Wildman–Crippen LogP) is 7.48. The first-order valence-electron chi connectivity index (χ1n) is 11.1. The molecule has 3 aromatic carbocycles. The molecule has 3 heterocycles. The molecule has 0 bridgehead atoms. The maximum absolute atomic E-state index is 4.74. The number of allylic oxidation sites excluding steroid dienone is 4. The number of hydrogen-bond donors (Lipinski definition) is 0. The Balaban J connectivity index is 1.75. The lowest BCUT2D eigenvalue weighted by Gasteiger charge is -2.14. The third-order valence-electron chi connectivity index (χ3n) is 6.63. The second kappa shape index (κ2) is 6.69. The minimum Gasteiger partial charge on any atom is -0.313 e. The van der Waals surface area contributed by atoms with Crippen molar-refractivity contribution in [2.45, 2.75) is 12.8 Å². The van der Waals surface area contributed by atoms with Gasteiger partial charge in [0.15, 0.2) is 0 Å². The predicted molar refractivity (Wildman–Crippen MR) is 134 cm³/mol. The Morgan fingerprint density at radius 2 is 1.44 bits per heavy atom. The van der Waals surface area contributed by atoms with Gasteiger partial charge in [0.1, 0.15) is 5.82 Å². The zero-order valence-electron chi connectivity index (χ0n) is 17.6. The number of pyridine rings is 1. The highest BCUT2D eigenvalue weighted by Gasteiger charge is 2.21. The number of fused-ring (bicyclic) bond motifs is 7. The smallest absolute Gasteiger partial charge is 0.137 e. The summed E-state index contributed by atoms with van der Waals surface area (Å²) >= 11 is 0. The van der Waals surface area contributed by atoms with Gasteiger partial charge in [-0.25, -0.2) is 4.98 Å². The van der Waals surface area contributed by atoms with Crippen LogP contribution in [-0.4, -0.2) is 14.1 Å². The van der Waals surface area contributed by atoms with E-state index in [0.29, 0.717) is 0 Å². The Kier molecular flexibility index (Phi) is 3.67. The molecule has 6 aromatic rings. The van der Waals surface area contributed by atoms with Crippen LogP contribution in [0.3, 0.4) is 0 Å². The minimum absolute atomic E-state index is 0.947. The Hall–Kier alpha value is -4.11. The SMILES string of the molecule is C1=CCCC(n2c3ccccc3c3c2ccc2c4ccccc4n(-c4ccccn4)c23)=C1. The summed E-state index contributed by atoms with van der Waals surface area (Å²) in [6, 6.07) is 28.2. The summed E-state index contributed by atoms with van der Waals surface area (Å²) < 4.78 is 4.78. The summed E-state index contributed by atoms with van der Waals surface area (Å²) in [5.41, 5.74) is 6.27. The average molecular weight is 412 g/mol. The third kappa shape index (κ3) is 2.33. The Labute approximate surface area is 185 Å². The molecule has 1 aliphatic rings. The van der Waals surface area contributed by atoms with Crippen molar-refractivity contribution < 1.29 is 0 Å². The molecular weight excluding hydrogens is 390 g/mol. The lowest BCUT2D eigenvalue weighted by atomic mass is 10.1. The zero-order valence-corrected chi connectivity index (χ0v) is 17.6. The lowest BCUT2D eigenvalue weighted by Crippen LogP contribution is -1.99. The summed E-state index contributed by atoms with van der Waals surface area (Å²) in [6.45, 7) is 0. The molecule has 3 heteroatoms. The van der Waals surface area contributed by atoms with Crippen LogP contribution < -0.4 is 0 Å². The molecule has 0 saturated carbocycles. The molecule has 0 atom stereocenters. The summed E-state index contributed by atoms with van der Waals surface area (Å²) in [5.74, 6) is 0.947. The molecule has 3 aromatic heterocycles. The van der Waals surface area contributed by atoms with Crippen molar-refractivity contribution in [2.24, 2.45) is 0 Å². The van der Waals surface area contributed by atoms with Crippen molar-refractivity contribution in [2.75, 3.05) is 0 Å². The zero-order chi connectivity index (χ0) is 21.1. The molecule has 1 aliphatic carbocycles. The molecule has 32 heavy (non-hydrogen) atoms. The number of rotatable bonds is 2. The molecule has 152 valence electrons. The highest BCUT2D eigenvalue weighted by Crippen LogP contribution is 2.42. The summed E-state index contributed by atoms with van der Waals surface area (Å²) in [7, 11) is 0. The van der Waals surface area contributed by atoms with Crippen molar-refractivity contribution in [3.05, 3.63) is 103 Å². The third-order valence-corrected chi connectivity index (χ3v) is 6.63. The van der Waals surface area contributed by atoms with Gasteiger partial charge in [-0.1, -0.05) is 60.7 Å². The molecular formula is C29H21N3. The van der Waals surface area contributed by atoms with Crippen molar-refractivity contribution in [1.82, 2.24) is 14.1 Å². The van der Waals surface area contributed by atoms with Crippen LogP contribution in [0, 0.1) is 0 Å². The van der Waals surface area contributed by atoms with Gasteiger partial charge < -0.3 is 4.57 Å². The van der Waals surface area contributed by atoms with E-state index in [1.165, 1.54) is 49.3 Å². The molecule has 0 N–H and O–H groups in total. The monoisotopic (exact) mass is 411 g/mol. The van der Waals surface area contributed by atoms with E-state index in [-0.39, 0.29) is 0 Å². The molecule has 7 rings (SSSR count). The van der Waals surface area contributed by atoms with Crippen LogP contribution in [0.2, 0.25) is 0 Å². The standard InChI is InChI=1S/C29H21N3/c1-2-10-20(11-3-1)31-25-15-7-5-13-23(25)28-26(31)18-17-22-21-12-4-6-14-24(21)32(29(22)28)27-16-8-9-19-30-27/h1-2,4-10,12-19H,3,11H2. The van der Waals surface area contributed by atoms with Crippen LogP contribution in [0.1, 0.15) is 12.8 Å². The molecule has 0 saturated heterocycles. The number of para-hydroxylation sites is 2. The van der Waals surface area contributed by atoms with E-state index >= 15 is 0 Å². The maximum atomic E-state index is 4.74. The Bertz CT molecular complexity index is 1710. The van der Waals surface area contributed by atoms with Gasteiger partial charge in [-0.2, -0.15) is 0 Å². The van der Waals surface area contributed by atoms with Crippen LogP contribution in [-0.2, 0) is 0 Å². The van der Waals surface area contributed by atoms with Gasteiger partial charge in [-0.05, 0) is 49.2 Å². The minimum atomic E-state index is 0.947. The first-order valence-corrected chi connectivity index (χ1v) is 11.1. The number of aromatic nitrogens is 3. The molecule has 3 nitrogen and oxygen atoms in total. The van der Waals surface area contributed by atoms with E-state index in [2.05, 4.69) is 100 Å². The van der Waals surface area contributed by atoms with E-state index in [9.17, 15) is 0 Å². The van der Waals surface area contributed by atoms with Gasteiger partial charge in [-0.15, -0.1) is 0 Å². The van der Waals surface area contributed by atoms with Crippen LogP contribution in [0.25, 0.3) is 55.1 Å². The first-order chi connectivity index (χ1) is 15.9. The quantitative estimate of drug-likeness (QED) is 0.290. The Morgan fingerprint density at radius 3 is 2.22 bits per heavy atom. The summed E-state index contributed by atoms with van der Waals surface area (Å²) in [4.78, 5) is 4.74. The topological polar surface area (TPSA) is 22.8 Å². The molecule has 0 amide bonds. The number of benzene rings is 3. The summed E-state index contributed by atoms with van der Waals surface area (Å²) in [5, 5.41) is 5.09. The van der Waals surface area contributed by atoms with Gasteiger partial charge in [-0.3, -0.25) is 4.57 Å². The van der Waals surface area contributed by atoms with Gasteiger partial charge in [0, 0.05) is 33.4 Å². The van der Waals surface area contributed by atoms with E-state index in [1.54, 1.807) is 0 Å². The van der Waals surface area contributed by atoms with Crippen molar-refractivity contribution >= 4 is 49.3 Å². The van der Waals surface area contributed by atoms with E-state index in [1.807, 2.05) is 12.3 Å². The molecule has 0 fully saturated rings. The molecule has 0 spiro atoms. The highest BCUT2D eigenvalue weighted by atomic mass is 15.1. The van der Waals surface area contributed by atoms with Gasteiger partial charge >= 0.3 is 0 Å². The highest BCUT2D eigenvalue weighted by molar-refractivity contribution is 6.26. The number of nitrogens with zero attached hydrogens (tertiary/aromatic N) is 3. The fraction of sp³-hybridized carbons (Fsp3) is 0.0690.